The van der Waals surface area contributed by atoms with E-state index in [9.17, 15) is 5.11 Å². The molecule has 2 aliphatic carbocycles. The van der Waals surface area contributed by atoms with Crippen LogP contribution in [0.15, 0.2) is 0 Å². The van der Waals surface area contributed by atoms with Gasteiger partial charge in [0.05, 0.1) is 6.61 Å². The summed E-state index contributed by atoms with van der Waals surface area (Å²) in [4.78, 5) is 5.18. The van der Waals surface area contributed by atoms with E-state index >= 15 is 0 Å². The number of aliphatic hydroxyl groups excluding tert-OH is 1. The third kappa shape index (κ3) is 3.19. The number of rotatable bonds is 4. The SMILES string of the molecule is CC1CN(C)CCCN1C1CCC(CO)(NC2CC2)C1. The fraction of sp³-hybridized carbons (Fsp3) is 1.00. The van der Waals surface area contributed by atoms with E-state index in [-0.39, 0.29) is 5.54 Å². The smallest absolute Gasteiger partial charge is 0.0614 e. The molecule has 0 spiro atoms. The van der Waals surface area contributed by atoms with Gasteiger partial charge in [0.15, 0.2) is 0 Å². The highest BCUT2D eigenvalue weighted by Crippen LogP contribution is 2.37. The van der Waals surface area contributed by atoms with Crippen molar-refractivity contribution in [3.63, 3.8) is 0 Å². The van der Waals surface area contributed by atoms with E-state index in [4.69, 9.17) is 0 Å². The van der Waals surface area contributed by atoms with E-state index in [1.165, 1.54) is 45.3 Å². The second kappa shape index (κ2) is 5.91. The Morgan fingerprint density at radius 3 is 2.75 bits per heavy atom. The monoisotopic (exact) mass is 281 g/mol. The third-order valence-corrected chi connectivity index (χ3v) is 5.54. The van der Waals surface area contributed by atoms with Gasteiger partial charge >= 0.3 is 0 Å². The van der Waals surface area contributed by atoms with Crippen LogP contribution in [0.2, 0.25) is 0 Å². The molecule has 3 rings (SSSR count). The number of aliphatic hydroxyl groups is 1. The Kier molecular flexibility index (Phi) is 4.37. The van der Waals surface area contributed by atoms with Gasteiger partial charge in [0.2, 0.25) is 0 Å². The van der Waals surface area contributed by atoms with Gasteiger partial charge in [-0.1, -0.05) is 0 Å². The van der Waals surface area contributed by atoms with Gasteiger partial charge in [-0.3, -0.25) is 4.90 Å². The van der Waals surface area contributed by atoms with E-state index < -0.39 is 0 Å². The maximum atomic E-state index is 9.88. The molecule has 1 heterocycles. The highest BCUT2D eigenvalue weighted by Gasteiger charge is 2.44. The summed E-state index contributed by atoms with van der Waals surface area (Å²) >= 11 is 0. The summed E-state index contributed by atoms with van der Waals surface area (Å²) in [6.07, 6.45) is 7.40. The van der Waals surface area contributed by atoms with Crippen LogP contribution in [-0.2, 0) is 0 Å². The van der Waals surface area contributed by atoms with Crippen LogP contribution in [0.25, 0.3) is 0 Å². The first-order valence-corrected chi connectivity index (χ1v) is 8.45. The van der Waals surface area contributed by atoms with Crippen molar-refractivity contribution in [3.8, 4) is 0 Å². The van der Waals surface area contributed by atoms with E-state index in [0.717, 1.165) is 12.8 Å². The molecule has 20 heavy (non-hydrogen) atoms. The molecule has 0 bridgehead atoms. The molecule has 3 aliphatic rings. The average Bonchev–Trinajstić information content (AvgIpc) is 3.15. The average molecular weight is 281 g/mol. The first kappa shape index (κ1) is 14.8. The fourth-order valence-electron chi connectivity index (χ4n) is 4.30. The number of nitrogens with one attached hydrogen (secondary N) is 1. The summed E-state index contributed by atoms with van der Waals surface area (Å²) in [5, 5.41) is 13.6. The normalized spacial score (nSPS) is 41.0. The van der Waals surface area contributed by atoms with Gasteiger partial charge in [-0.25, -0.2) is 0 Å². The summed E-state index contributed by atoms with van der Waals surface area (Å²) in [5.74, 6) is 0. The molecule has 1 aliphatic heterocycles. The molecule has 0 radical (unpaired) electrons. The van der Waals surface area contributed by atoms with Crippen LogP contribution in [0.3, 0.4) is 0 Å². The zero-order valence-corrected chi connectivity index (χ0v) is 13.1. The Morgan fingerprint density at radius 2 is 2.05 bits per heavy atom. The van der Waals surface area contributed by atoms with Gasteiger partial charge in [0.1, 0.15) is 0 Å². The maximum Gasteiger partial charge on any atom is 0.0614 e. The first-order chi connectivity index (χ1) is 9.62. The number of nitrogens with zero attached hydrogens (tertiary/aromatic N) is 2. The zero-order valence-electron chi connectivity index (χ0n) is 13.1. The van der Waals surface area contributed by atoms with Crippen LogP contribution in [0.4, 0.5) is 0 Å². The van der Waals surface area contributed by atoms with Gasteiger partial charge in [-0.2, -0.15) is 0 Å². The van der Waals surface area contributed by atoms with Crippen LogP contribution in [0.1, 0.15) is 45.4 Å². The minimum absolute atomic E-state index is 0.0176. The van der Waals surface area contributed by atoms with E-state index in [1.807, 2.05) is 0 Å². The van der Waals surface area contributed by atoms with Crippen molar-refractivity contribution in [1.29, 1.82) is 0 Å². The second-order valence-corrected chi connectivity index (χ2v) is 7.46. The molecule has 0 aromatic heterocycles. The maximum absolute atomic E-state index is 9.88. The minimum atomic E-state index is 0.0176. The minimum Gasteiger partial charge on any atom is -0.394 e. The molecule has 4 nitrogen and oxygen atoms in total. The molecule has 0 amide bonds. The molecule has 1 saturated heterocycles. The lowest BCUT2D eigenvalue weighted by Crippen LogP contribution is -2.50. The van der Waals surface area contributed by atoms with E-state index in [1.54, 1.807) is 0 Å². The number of likely N-dealkylation sites (N-methyl/N-ethyl adjacent to an activating group) is 1. The molecular weight excluding hydrogens is 250 g/mol. The molecule has 3 atom stereocenters. The molecule has 2 N–H and O–H groups in total. The first-order valence-electron chi connectivity index (χ1n) is 8.45. The zero-order chi connectivity index (χ0) is 14.2. The number of hydrogen-bond acceptors (Lipinski definition) is 4. The van der Waals surface area contributed by atoms with Crippen LogP contribution in [0, 0.1) is 0 Å². The van der Waals surface area contributed by atoms with Gasteiger partial charge in [0, 0.05) is 30.2 Å². The van der Waals surface area contributed by atoms with Gasteiger partial charge in [-0.15, -0.1) is 0 Å². The van der Waals surface area contributed by atoms with E-state index in [0.29, 0.717) is 24.7 Å². The Labute approximate surface area is 123 Å². The third-order valence-electron chi connectivity index (χ3n) is 5.54. The molecule has 116 valence electrons. The van der Waals surface area contributed by atoms with Gasteiger partial charge in [0.25, 0.3) is 0 Å². The largest absolute Gasteiger partial charge is 0.394 e. The predicted molar refractivity (Wildman–Crippen MR) is 81.9 cm³/mol. The lowest BCUT2D eigenvalue weighted by atomic mass is 9.97. The van der Waals surface area contributed by atoms with Crippen molar-refractivity contribution >= 4 is 0 Å². The van der Waals surface area contributed by atoms with Crippen LogP contribution >= 0.6 is 0 Å². The molecule has 4 heteroatoms. The topological polar surface area (TPSA) is 38.7 Å². The van der Waals surface area contributed by atoms with Gasteiger partial charge < -0.3 is 15.3 Å². The summed E-state index contributed by atoms with van der Waals surface area (Å²) in [6, 6.07) is 1.99. The fourth-order valence-corrected chi connectivity index (χ4v) is 4.30. The number of hydrogen-bond donors (Lipinski definition) is 2. The summed E-state index contributed by atoms with van der Waals surface area (Å²) in [6.45, 7) is 6.30. The predicted octanol–water partition coefficient (Wildman–Crippen LogP) is 1.05. The Hall–Kier alpha value is -0.160. The van der Waals surface area contributed by atoms with Crippen molar-refractivity contribution in [2.45, 2.75) is 69.1 Å². The Balaban J connectivity index is 1.62. The van der Waals surface area contributed by atoms with Crippen molar-refractivity contribution in [2.75, 3.05) is 33.3 Å². The van der Waals surface area contributed by atoms with Gasteiger partial charge in [-0.05, 0) is 65.6 Å². The molecular formula is C16H31N3O. The Bertz CT molecular complexity index is 334. The summed E-state index contributed by atoms with van der Waals surface area (Å²) in [7, 11) is 2.24. The highest BCUT2D eigenvalue weighted by molar-refractivity contribution is 5.03. The van der Waals surface area contributed by atoms with Crippen molar-refractivity contribution in [3.05, 3.63) is 0 Å². The van der Waals surface area contributed by atoms with Crippen molar-refractivity contribution in [2.24, 2.45) is 0 Å². The van der Waals surface area contributed by atoms with Crippen LogP contribution < -0.4 is 5.32 Å². The van der Waals surface area contributed by atoms with Crippen LogP contribution in [-0.4, -0.2) is 71.9 Å². The standard InChI is InChI=1S/C16H31N3O/c1-13-11-18(2)8-3-9-19(13)15-6-7-16(10-15,12-20)17-14-4-5-14/h13-15,17,20H,3-12H2,1-2H3. The summed E-state index contributed by atoms with van der Waals surface area (Å²) in [5.41, 5.74) is 0.0176. The molecule has 0 aromatic carbocycles. The van der Waals surface area contributed by atoms with Crippen molar-refractivity contribution < 1.29 is 5.11 Å². The molecule has 2 saturated carbocycles. The highest BCUT2D eigenvalue weighted by atomic mass is 16.3. The van der Waals surface area contributed by atoms with E-state index in [2.05, 4.69) is 29.1 Å². The second-order valence-electron chi connectivity index (χ2n) is 7.46. The molecule has 3 fully saturated rings. The lowest BCUT2D eigenvalue weighted by molar-refractivity contribution is 0.119. The van der Waals surface area contributed by atoms with Crippen molar-refractivity contribution in [1.82, 2.24) is 15.1 Å². The summed E-state index contributed by atoms with van der Waals surface area (Å²) < 4.78 is 0. The molecule has 0 aromatic rings. The van der Waals surface area contributed by atoms with Crippen LogP contribution in [0.5, 0.6) is 0 Å². The quantitative estimate of drug-likeness (QED) is 0.808. The molecule has 3 unspecified atom stereocenters. The Morgan fingerprint density at radius 1 is 1.25 bits per heavy atom. The lowest BCUT2D eigenvalue weighted by Gasteiger charge is -2.35.